The van der Waals surface area contributed by atoms with E-state index in [0.29, 0.717) is 26.1 Å². The summed E-state index contributed by atoms with van der Waals surface area (Å²) in [7, 11) is 0. The quantitative estimate of drug-likeness (QED) is 0.637. The Morgan fingerprint density at radius 1 is 1.11 bits per heavy atom. The first-order valence-corrected chi connectivity index (χ1v) is 6.79. The fourth-order valence-electron chi connectivity index (χ4n) is 2.60. The molecule has 0 bridgehead atoms. The van der Waals surface area contributed by atoms with Gasteiger partial charge in [-0.3, -0.25) is 9.59 Å². The van der Waals surface area contributed by atoms with Gasteiger partial charge in [0, 0.05) is 26.4 Å². The molecule has 5 nitrogen and oxygen atoms in total. The molecule has 0 aromatic carbocycles. The molecule has 0 saturated heterocycles. The summed E-state index contributed by atoms with van der Waals surface area (Å²) in [6, 6.07) is 0. The fraction of sp³-hybridized carbons (Fsp3) is 0.846. The zero-order valence-corrected chi connectivity index (χ0v) is 12.5. The highest BCUT2D eigenvalue weighted by molar-refractivity contribution is 5.85. The third-order valence-corrected chi connectivity index (χ3v) is 3.70. The second kappa shape index (κ2) is 9.15. The number of halogens is 1. The van der Waals surface area contributed by atoms with Crippen molar-refractivity contribution >= 4 is 24.2 Å². The molecule has 0 spiro atoms. The Morgan fingerprint density at radius 3 is 2.21 bits per heavy atom. The number of carbonyl (C=O) groups is 2. The van der Waals surface area contributed by atoms with Crippen LogP contribution in [0.5, 0.6) is 0 Å². The lowest BCUT2D eigenvalue weighted by molar-refractivity contribution is -0.124. The molecule has 19 heavy (non-hydrogen) atoms. The van der Waals surface area contributed by atoms with E-state index in [1.807, 2.05) is 0 Å². The van der Waals surface area contributed by atoms with Crippen molar-refractivity contribution in [2.45, 2.75) is 45.4 Å². The highest BCUT2D eigenvalue weighted by Gasteiger charge is 2.32. The zero-order valence-electron chi connectivity index (χ0n) is 11.7. The van der Waals surface area contributed by atoms with Crippen LogP contribution in [0.25, 0.3) is 0 Å². The summed E-state index contributed by atoms with van der Waals surface area (Å²) in [5.41, 5.74) is 5.85. The summed E-state index contributed by atoms with van der Waals surface area (Å²) in [5.74, 6) is -0.0253. The molecule has 6 heteroatoms. The van der Waals surface area contributed by atoms with Crippen LogP contribution in [0.2, 0.25) is 0 Å². The number of hydrogen-bond acceptors (Lipinski definition) is 3. The van der Waals surface area contributed by atoms with Crippen LogP contribution in [-0.4, -0.2) is 31.4 Å². The van der Waals surface area contributed by atoms with E-state index in [0.717, 1.165) is 12.8 Å². The fourth-order valence-corrected chi connectivity index (χ4v) is 2.60. The molecule has 0 radical (unpaired) electrons. The monoisotopic (exact) mass is 291 g/mol. The second-order valence-corrected chi connectivity index (χ2v) is 5.27. The van der Waals surface area contributed by atoms with Gasteiger partial charge in [0.05, 0.1) is 0 Å². The van der Waals surface area contributed by atoms with E-state index in [4.69, 9.17) is 5.73 Å². The van der Waals surface area contributed by atoms with E-state index < -0.39 is 0 Å². The van der Waals surface area contributed by atoms with Crippen LogP contribution in [0.4, 0.5) is 0 Å². The van der Waals surface area contributed by atoms with Crippen molar-refractivity contribution < 1.29 is 9.59 Å². The van der Waals surface area contributed by atoms with Crippen molar-refractivity contribution in [2.24, 2.45) is 11.1 Å². The molecule has 0 heterocycles. The summed E-state index contributed by atoms with van der Waals surface area (Å²) >= 11 is 0. The van der Waals surface area contributed by atoms with Crippen LogP contribution in [-0.2, 0) is 9.59 Å². The van der Waals surface area contributed by atoms with Gasteiger partial charge in [0.15, 0.2) is 0 Å². The number of nitrogens with one attached hydrogen (secondary N) is 2. The van der Waals surface area contributed by atoms with Crippen LogP contribution in [0.15, 0.2) is 0 Å². The lowest BCUT2D eigenvalue weighted by Gasteiger charge is -2.35. The van der Waals surface area contributed by atoms with E-state index in [-0.39, 0.29) is 29.6 Å². The lowest BCUT2D eigenvalue weighted by Crippen LogP contribution is -2.40. The van der Waals surface area contributed by atoms with Crippen molar-refractivity contribution in [3.8, 4) is 0 Å². The first kappa shape index (κ1) is 18.2. The van der Waals surface area contributed by atoms with Gasteiger partial charge in [-0.05, 0) is 24.8 Å². The predicted molar refractivity (Wildman–Crippen MR) is 78.1 cm³/mol. The maximum atomic E-state index is 11.8. The molecule has 0 aromatic rings. The minimum absolute atomic E-state index is 0. The van der Waals surface area contributed by atoms with Crippen LogP contribution in [0.3, 0.4) is 0 Å². The van der Waals surface area contributed by atoms with Crippen molar-refractivity contribution in [3.63, 3.8) is 0 Å². The van der Waals surface area contributed by atoms with Gasteiger partial charge in [0.2, 0.25) is 11.8 Å². The van der Waals surface area contributed by atoms with Crippen molar-refractivity contribution in [1.82, 2.24) is 10.6 Å². The van der Waals surface area contributed by atoms with Crippen LogP contribution >= 0.6 is 12.4 Å². The van der Waals surface area contributed by atoms with E-state index in [9.17, 15) is 9.59 Å². The van der Waals surface area contributed by atoms with Crippen molar-refractivity contribution in [1.29, 1.82) is 0 Å². The van der Waals surface area contributed by atoms with Gasteiger partial charge >= 0.3 is 0 Å². The summed E-state index contributed by atoms with van der Waals surface area (Å²) < 4.78 is 0. The Labute approximate surface area is 121 Å². The summed E-state index contributed by atoms with van der Waals surface area (Å²) in [5, 5.41) is 5.48. The van der Waals surface area contributed by atoms with Gasteiger partial charge in [0.1, 0.15) is 0 Å². The predicted octanol–water partition coefficient (Wildman–Crippen LogP) is 0.960. The highest BCUT2D eigenvalue weighted by atomic mass is 35.5. The molecule has 0 aromatic heterocycles. The van der Waals surface area contributed by atoms with E-state index in [1.165, 1.54) is 26.2 Å². The Kier molecular flexibility index (Phi) is 8.76. The molecule has 0 unspecified atom stereocenters. The molecule has 1 saturated carbocycles. The van der Waals surface area contributed by atoms with Crippen LogP contribution in [0, 0.1) is 5.41 Å². The highest BCUT2D eigenvalue weighted by Crippen LogP contribution is 2.38. The minimum atomic E-state index is -0.0741. The maximum absolute atomic E-state index is 11.8. The Morgan fingerprint density at radius 2 is 1.68 bits per heavy atom. The topological polar surface area (TPSA) is 84.2 Å². The second-order valence-electron chi connectivity index (χ2n) is 5.27. The lowest BCUT2D eigenvalue weighted by atomic mass is 9.71. The van der Waals surface area contributed by atoms with Crippen molar-refractivity contribution in [3.05, 3.63) is 0 Å². The number of nitrogens with two attached hydrogens (primary N) is 1. The first-order valence-electron chi connectivity index (χ1n) is 6.79. The van der Waals surface area contributed by atoms with Crippen LogP contribution in [0.1, 0.15) is 45.4 Å². The molecule has 1 rings (SSSR count). The smallest absolute Gasteiger partial charge is 0.220 e. The zero-order chi connectivity index (χ0) is 13.4. The Bertz CT molecular complexity index is 292. The SMILES string of the molecule is CC(=O)NCCNC(=O)CC1(CN)CCCCC1.Cl. The van der Waals surface area contributed by atoms with E-state index in [2.05, 4.69) is 10.6 Å². The molecule has 0 atom stereocenters. The summed E-state index contributed by atoms with van der Waals surface area (Å²) in [6.45, 7) is 3.02. The molecular formula is C13H26ClN3O2. The summed E-state index contributed by atoms with van der Waals surface area (Å²) in [6.07, 6.45) is 6.24. The third-order valence-electron chi connectivity index (χ3n) is 3.70. The molecule has 1 aliphatic carbocycles. The molecule has 1 aliphatic rings. The molecule has 0 aliphatic heterocycles. The van der Waals surface area contributed by atoms with Gasteiger partial charge in [-0.25, -0.2) is 0 Å². The largest absolute Gasteiger partial charge is 0.355 e. The average molecular weight is 292 g/mol. The number of hydrogen-bond donors (Lipinski definition) is 3. The normalized spacial score (nSPS) is 17.2. The molecular weight excluding hydrogens is 266 g/mol. The summed E-state index contributed by atoms with van der Waals surface area (Å²) in [4.78, 5) is 22.5. The molecule has 4 N–H and O–H groups in total. The van der Waals surface area contributed by atoms with Gasteiger partial charge in [-0.1, -0.05) is 19.3 Å². The van der Waals surface area contributed by atoms with Gasteiger partial charge in [0.25, 0.3) is 0 Å². The minimum Gasteiger partial charge on any atom is -0.355 e. The van der Waals surface area contributed by atoms with Gasteiger partial charge in [-0.2, -0.15) is 0 Å². The maximum Gasteiger partial charge on any atom is 0.220 e. The van der Waals surface area contributed by atoms with Gasteiger partial charge < -0.3 is 16.4 Å². The third kappa shape index (κ3) is 6.78. The van der Waals surface area contributed by atoms with Gasteiger partial charge in [-0.15, -0.1) is 12.4 Å². The Balaban J connectivity index is 0.00000324. The van der Waals surface area contributed by atoms with E-state index >= 15 is 0 Å². The molecule has 112 valence electrons. The number of rotatable bonds is 6. The number of carbonyl (C=O) groups excluding carboxylic acids is 2. The molecule has 2 amide bonds. The first-order chi connectivity index (χ1) is 8.58. The molecule has 1 fully saturated rings. The Hall–Kier alpha value is -0.810. The van der Waals surface area contributed by atoms with Crippen molar-refractivity contribution in [2.75, 3.05) is 19.6 Å². The van der Waals surface area contributed by atoms with Crippen LogP contribution < -0.4 is 16.4 Å². The van der Waals surface area contributed by atoms with E-state index in [1.54, 1.807) is 0 Å². The standard InChI is InChI=1S/C13H25N3O2.ClH/c1-11(17)15-7-8-16-12(18)9-13(10-14)5-3-2-4-6-13;/h2-10,14H2,1H3,(H,15,17)(H,16,18);1H. The number of amides is 2. The average Bonchev–Trinajstić information content (AvgIpc) is 2.35.